The lowest BCUT2D eigenvalue weighted by Gasteiger charge is -2.20. The number of benzene rings is 2. The first-order valence-electron chi connectivity index (χ1n) is 9.79. The third-order valence-corrected chi connectivity index (χ3v) is 6.87. The maximum absolute atomic E-state index is 13.0. The highest BCUT2D eigenvalue weighted by molar-refractivity contribution is 7.89. The fourth-order valence-electron chi connectivity index (χ4n) is 3.79. The van der Waals surface area contributed by atoms with E-state index in [1.807, 2.05) is 39.0 Å². The van der Waals surface area contributed by atoms with Gasteiger partial charge in [0.2, 0.25) is 10.0 Å². The Kier molecular flexibility index (Phi) is 6.29. The van der Waals surface area contributed by atoms with Gasteiger partial charge >= 0.3 is 0 Å². The van der Waals surface area contributed by atoms with Crippen LogP contribution in [0.25, 0.3) is 0 Å². The second kappa shape index (κ2) is 8.55. The standard InChI is InChI=1S/C22H28N2O4S/c1-15-7-9-19(16(2)13-15)17(3)23-29(26,27)18-8-10-21(28-4)20(14-18)22(25)24-11-5-6-12-24/h7-10,13-14,17,23H,5-6,11-12H2,1-4H3. The molecule has 29 heavy (non-hydrogen) atoms. The summed E-state index contributed by atoms with van der Waals surface area (Å²) in [6.07, 6.45) is 1.92. The molecule has 1 N–H and O–H groups in total. The molecule has 0 aliphatic carbocycles. The molecule has 3 rings (SSSR count). The van der Waals surface area contributed by atoms with Gasteiger partial charge in [0.25, 0.3) is 5.91 Å². The number of carbonyl (C=O) groups is 1. The van der Waals surface area contributed by atoms with E-state index in [-0.39, 0.29) is 16.4 Å². The monoisotopic (exact) mass is 416 g/mol. The molecule has 2 aromatic rings. The molecule has 1 aliphatic rings. The lowest BCUT2D eigenvalue weighted by Crippen LogP contribution is -2.29. The van der Waals surface area contributed by atoms with Gasteiger partial charge in [-0.25, -0.2) is 13.1 Å². The third-order valence-electron chi connectivity index (χ3n) is 5.33. The number of aryl methyl sites for hydroxylation is 2. The van der Waals surface area contributed by atoms with Crippen LogP contribution in [0.5, 0.6) is 5.75 Å². The summed E-state index contributed by atoms with van der Waals surface area (Å²) in [5.74, 6) is 0.183. The van der Waals surface area contributed by atoms with Crippen molar-refractivity contribution in [2.75, 3.05) is 20.2 Å². The molecule has 7 heteroatoms. The molecule has 0 spiro atoms. The van der Waals surface area contributed by atoms with Crippen LogP contribution in [0.15, 0.2) is 41.3 Å². The number of ether oxygens (including phenoxy) is 1. The fraction of sp³-hybridized carbons (Fsp3) is 0.409. The van der Waals surface area contributed by atoms with Crippen molar-refractivity contribution in [3.05, 3.63) is 58.7 Å². The second-order valence-electron chi connectivity index (χ2n) is 7.56. The fourth-order valence-corrected chi connectivity index (χ4v) is 5.04. The summed E-state index contributed by atoms with van der Waals surface area (Å²) in [6.45, 7) is 7.14. The molecule has 1 heterocycles. The zero-order valence-corrected chi connectivity index (χ0v) is 18.2. The van der Waals surface area contributed by atoms with E-state index in [4.69, 9.17) is 4.74 Å². The van der Waals surface area contributed by atoms with E-state index in [9.17, 15) is 13.2 Å². The summed E-state index contributed by atoms with van der Waals surface area (Å²) in [7, 11) is -2.34. The van der Waals surface area contributed by atoms with Crippen molar-refractivity contribution in [1.82, 2.24) is 9.62 Å². The van der Waals surface area contributed by atoms with Crippen molar-refractivity contribution in [3.8, 4) is 5.75 Å². The Morgan fingerprint density at radius 3 is 2.41 bits per heavy atom. The maximum atomic E-state index is 13.0. The van der Waals surface area contributed by atoms with Crippen LogP contribution >= 0.6 is 0 Å². The summed E-state index contributed by atoms with van der Waals surface area (Å²) >= 11 is 0. The SMILES string of the molecule is COc1ccc(S(=O)(=O)NC(C)c2ccc(C)cc2C)cc1C(=O)N1CCCC1. The van der Waals surface area contributed by atoms with Crippen LogP contribution in [0.2, 0.25) is 0 Å². The van der Waals surface area contributed by atoms with E-state index in [0.29, 0.717) is 18.8 Å². The summed E-state index contributed by atoms with van der Waals surface area (Å²) in [5.41, 5.74) is 3.35. The Labute approximate surface area is 172 Å². The van der Waals surface area contributed by atoms with Gasteiger partial charge in [-0.2, -0.15) is 0 Å². The Morgan fingerprint density at radius 1 is 1.10 bits per heavy atom. The number of hydrogen-bond acceptors (Lipinski definition) is 4. The molecule has 0 bridgehead atoms. The molecule has 1 fully saturated rings. The molecule has 1 saturated heterocycles. The number of rotatable bonds is 6. The van der Waals surface area contributed by atoms with Gasteiger partial charge < -0.3 is 9.64 Å². The van der Waals surface area contributed by atoms with E-state index in [1.165, 1.54) is 19.2 Å². The maximum Gasteiger partial charge on any atom is 0.257 e. The van der Waals surface area contributed by atoms with Gasteiger partial charge in [-0.3, -0.25) is 4.79 Å². The number of sulfonamides is 1. The number of nitrogens with one attached hydrogen (secondary N) is 1. The lowest BCUT2D eigenvalue weighted by molar-refractivity contribution is 0.0789. The predicted octanol–water partition coefficient (Wildman–Crippen LogP) is 3.59. The third kappa shape index (κ3) is 4.62. The summed E-state index contributed by atoms with van der Waals surface area (Å²) in [5, 5.41) is 0. The zero-order chi connectivity index (χ0) is 21.2. The number of amides is 1. The molecule has 0 radical (unpaired) electrons. The number of hydrogen-bond donors (Lipinski definition) is 1. The number of methoxy groups -OCH3 is 1. The van der Waals surface area contributed by atoms with Crippen LogP contribution in [0.4, 0.5) is 0 Å². The molecule has 1 atom stereocenters. The summed E-state index contributed by atoms with van der Waals surface area (Å²) < 4.78 is 34.1. The molecule has 0 aromatic heterocycles. The first-order chi connectivity index (χ1) is 13.7. The van der Waals surface area contributed by atoms with Gasteiger partial charge in [0, 0.05) is 19.1 Å². The minimum atomic E-state index is -3.82. The van der Waals surface area contributed by atoms with Crippen molar-refractivity contribution in [2.24, 2.45) is 0 Å². The van der Waals surface area contributed by atoms with Crippen LogP contribution in [0.3, 0.4) is 0 Å². The van der Waals surface area contributed by atoms with E-state index in [2.05, 4.69) is 4.72 Å². The van der Waals surface area contributed by atoms with Gasteiger partial charge in [-0.15, -0.1) is 0 Å². The van der Waals surface area contributed by atoms with Crippen molar-refractivity contribution < 1.29 is 17.9 Å². The van der Waals surface area contributed by atoms with Gasteiger partial charge in [0.1, 0.15) is 5.75 Å². The molecule has 0 saturated carbocycles. The normalized spacial score (nSPS) is 15.4. The van der Waals surface area contributed by atoms with Crippen molar-refractivity contribution >= 4 is 15.9 Å². The number of nitrogens with zero attached hydrogens (tertiary/aromatic N) is 1. The number of likely N-dealkylation sites (tertiary alicyclic amines) is 1. The van der Waals surface area contributed by atoms with Crippen molar-refractivity contribution in [2.45, 2.75) is 44.6 Å². The average molecular weight is 417 g/mol. The van der Waals surface area contributed by atoms with Crippen LogP contribution in [0, 0.1) is 13.8 Å². The highest BCUT2D eigenvalue weighted by Crippen LogP contribution is 2.27. The Hall–Kier alpha value is -2.38. The van der Waals surface area contributed by atoms with Crippen LogP contribution < -0.4 is 9.46 Å². The van der Waals surface area contributed by atoms with Crippen molar-refractivity contribution in [3.63, 3.8) is 0 Å². The van der Waals surface area contributed by atoms with Gasteiger partial charge in [0.05, 0.1) is 17.6 Å². The van der Waals surface area contributed by atoms with Gasteiger partial charge in [-0.05, 0) is 62.9 Å². The van der Waals surface area contributed by atoms with Crippen LogP contribution in [-0.2, 0) is 10.0 Å². The predicted molar refractivity (Wildman–Crippen MR) is 113 cm³/mol. The summed E-state index contributed by atoms with van der Waals surface area (Å²) in [6, 6.07) is 9.95. The van der Waals surface area contributed by atoms with Crippen LogP contribution in [-0.4, -0.2) is 39.4 Å². The molecule has 6 nitrogen and oxygen atoms in total. The van der Waals surface area contributed by atoms with Gasteiger partial charge in [-0.1, -0.05) is 23.8 Å². The molecule has 2 aromatic carbocycles. The van der Waals surface area contributed by atoms with E-state index < -0.39 is 16.1 Å². The average Bonchev–Trinajstić information content (AvgIpc) is 3.21. The van der Waals surface area contributed by atoms with Crippen molar-refractivity contribution in [1.29, 1.82) is 0 Å². The van der Waals surface area contributed by atoms with E-state index in [1.54, 1.807) is 11.0 Å². The minimum absolute atomic E-state index is 0.0532. The Morgan fingerprint density at radius 2 is 1.79 bits per heavy atom. The quantitative estimate of drug-likeness (QED) is 0.781. The second-order valence-corrected chi connectivity index (χ2v) is 9.28. The first kappa shape index (κ1) is 21.3. The number of carbonyl (C=O) groups excluding carboxylic acids is 1. The minimum Gasteiger partial charge on any atom is -0.496 e. The molecule has 1 unspecified atom stereocenters. The Bertz CT molecular complexity index is 1010. The Balaban J connectivity index is 1.90. The van der Waals surface area contributed by atoms with E-state index >= 15 is 0 Å². The molecule has 1 aliphatic heterocycles. The highest BCUT2D eigenvalue weighted by Gasteiger charge is 2.26. The first-order valence-corrected chi connectivity index (χ1v) is 11.3. The smallest absolute Gasteiger partial charge is 0.257 e. The van der Waals surface area contributed by atoms with Crippen LogP contribution in [0.1, 0.15) is 52.9 Å². The topological polar surface area (TPSA) is 75.7 Å². The lowest BCUT2D eigenvalue weighted by atomic mass is 10.0. The van der Waals surface area contributed by atoms with E-state index in [0.717, 1.165) is 29.5 Å². The van der Waals surface area contributed by atoms with Gasteiger partial charge in [0.15, 0.2) is 0 Å². The molecular formula is C22H28N2O4S. The molecule has 156 valence electrons. The zero-order valence-electron chi connectivity index (χ0n) is 17.4. The molecular weight excluding hydrogens is 388 g/mol. The summed E-state index contributed by atoms with van der Waals surface area (Å²) in [4.78, 5) is 14.6. The molecule has 1 amide bonds. The largest absolute Gasteiger partial charge is 0.496 e. The highest BCUT2D eigenvalue weighted by atomic mass is 32.2.